The highest BCUT2D eigenvalue weighted by molar-refractivity contribution is 6.31. The van der Waals surface area contributed by atoms with Crippen molar-refractivity contribution in [3.8, 4) is 11.1 Å². The first-order valence-corrected chi connectivity index (χ1v) is 13.0. The molecule has 202 valence electrons. The molecule has 0 heterocycles. The maximum Gasteiger partial charge on any atom is 0.417 e. The molecule has 8 heteroatoms. The lowest BCUT2D eigenvalue weighted by Crippen LogP contribution is -2.25. The Labute approximate surface area is 229 Å². The number of hydrogen-bond acceptors (Lipinski definition) is 2. The summed E-state index contributed by atoms with van der Waals surface area (Å²) in [7, 11) is 0. The Balaban J connectivity index is 1.59. The van der Waals surface area contributed by atoms with Gasteiger partial charge < -0.3 is 10.4 Å². The maximum atomic E-state index is 13.3. The van der Waals surface area contributed by atoms with Gasteiger partial charge in [0, 0.05) is 18.0 Å². The fourth-order valence-corrected chi connectivity index (χ4v) is 4.87. The molecule has 2 N–H and O–H groups in total. The first-order chi connectivity index (χ1) is 18.6. The second-order valence-corrected chi connectivity index (χ2v) is 9.78. The zero-order chi connectivity index (χ0) is 28.2. The maximum absolute atomic E-state index is 13.3. The Bertz CT molecular complexity index is 1500. The number of hydrogen-bond donors (Lipinski definition) is 2. The van der Waals surface area contributed by atoms with Gasteiger partial charge in [0.05, 0.1) is 17.0 Å². The number of alkyl halides is 3. The van der Waals surface area contributed by atoms with Gasteiger partial charge in [0.2, 0.25) is 0 Å². The second kappa shape index (κ2) is 11.9. The molecule has 4 rings (SSSR count). The van der Waals surface area contributed by atoms with Crippen LogP contribution in [0, 0.1) is 0 Å². The first-order valence-electron chi connectivity index (χ1n) is 12.6. The van der Waals surface area contributed by atoms with E-state index in [2.05, 4.69) is 18.3 Å². The third-order valence-corrected chi connectivity index (χ3v) is 6.98. The molecule has 0 aliphatic heterocycles. The number of nitrogens with one attached hydrogen (secondary N) is 1. The molecule has 0 saturated carbocycles. The van der Waals surface area contributed by atoms with Crippen LogP contribution in [0.5, 0.6) is 0 Å². The molecule has 0 radical (unpaired) electrons. The quantitative estimate of drug-likeness (QED) is 0.219. The Morgan fingerprint density at radius 2 is 1.49 bits per heavy atom. The first kappa shape index (κ1) is 28.2. The van der Waals surface area contributed by atoms with Crippen LogP contribution in [0.3, 0.4) is 0 Å². The van der Waals surface area contributed by atoms with Gasteiger partial charge in [0.25, 0.3) is 5.91 Å². The van der Waals surface area contributed by atoms with Gasteiger partial charge in [-0.15, -0.1) is 0 Å². The fourth-order valence-electron chi connectivity index (χ4n) is 4.65. The van der Waals surface area contributed by atoms with E-state index in [0.29, 0.717) is 16.7 Å². The molecule has 1 atom stereocenters. The van der Waals surface area contributed by atoms with Crippen LogP contribution < -0.4 is 5.32 Å². The summed E-state index contributed by atoms with van der Waals surface area (Å²) in [5.41, 5.74) is 2.86. The topological polar surface area (TPSA) is 66.4 Å². The van der Waals surface area contributed by atoms with Crippen LogP contribution in [0.25, 0.3) is 21.9 Å². The zero-order valence-electron chi connectivity index (χ0n) is 21.2. The van der Waals surface area contributed by atoms with Crippen LogP contribution in [-0.4, -0.2) is 23.5 Å². The number of carboxylic acid groups (broad SMARTS) is 1. The number of fused-ring (bicyclic) bond motifs is 1. The predicted molar refractivity (Wildman–Crippen MR) is 147 cm³/mol. The van der Waals surface area contributed by atoms with Gasteiger partial charge in [-0.3, -0.25) is 9.59 Å². The molecule has 0 aliphatic rings. The van der Waals surface area contributed by atoms with Crippen LogP contribution in [-0.2, 0) is 11.0 Å². The smallest absolute Gasteiger partial charge is 0.417 e. The number of rotatable bonds is 9. The number of amides is 1. The van der Waals surface area contributed by atoms with E-state index in [1.54, 1.807) is 18.2 Å². The van der Waals surface area contributed by atoms with Crippen LogP contribution in [0.2, 0.25) is 5.02 Å². The van der Waals surface area contributed by atoms with Gasteiger partial charge in [-0.2, -0.15) is 13.2 Å². The number of carbonyl (C=O) groups is 2. The summed E-state index contributed by atoms with van der Waals surface area (Å²) in [6.45, 7) is 2.17. The molecule has 0 spiro atoms. The van der Waals surface area contributed by atoms with E-state index < -0.39 is 17.7 Å². The number of carboxylic acids is 1. The Morgan fingerprint density at radius 1 is 0.872 bits per heavy atom. The second-order valence-electron chi connectivity index (χ2n) is 9.38. The van der Waals surface area contributed by atoms with E-state index >= 15 is 0 Å². The van der Waals surface area contributed by atoms with Gasteiger partial charge in [0.1, 0.15) is 0 Å². The highest BCUT2D eigenvalue weighted by atomic mass is 35.5. The summed E-state index contributed by atoms with van der Waals surface area (Å²) < 4.78 is 40.0. The van der Waals surface area contributed by atoms with Crippen molar-refractivity contribution in [2.24, 2.45) is 0 Å². The average molecular weight is 554 g/mol. The van der Waals surface area contributed by atoms with E-state index in [0.717, 1.165) is 40.8 Å². The van der Waals surface area contributed by atoms with Gasteiger partial charge >= 0.3 is 12.1 Å². The largest absolute Gasteiger partial charge is 0.481 e. The highest BCUT2D eigenvalue weighted by Crippen LogP contribution is 2.38. The molecule has 4 aromatic carbocycles. The van der Waals surface area contributed by atoms with Crippen LogP contribution in [0.15, 0.2) is 78.9 Å². The summed E-state index contributed by atoms with van der Waals surface area (Å²) in [6.07, 6.45) is -2.84. The zero-order valence-corrected chi connectivity index (χ0v) is 21.9. The monoisotopic (exact) mass is 553 g/mol. The molecule has 0 aliphatic carbocycles. The van der Waals surface area contributed by atoms with Crippen molar-refractivity contribution in [1.29, 1.82) is 0 Å². The minimum absolute atomic E-state index is 0.0642. The molecule has 39 heavy (non-hydrogen) atoms. The SMILES string of the molecule is CCCC(c1ccc(C(=O)NCCC(=O)O)cc1)c1ccc2cc(-c3ccc(Cl)c(C(F)(F)F)c3)ccc2c1. The summed E-state index contributed by atoms with van der Waals surface area (Å²) >= 11 is 5.78. The van der Waals surface area contributed by atoms with Crippen LogP contribution >= 0.6 is 11.6 Å². The van der Waals surface area contributed by atoms with Gasteiger partial charge in [-0.25, -0.2) is 0 Å². The third kappa shape index (κ3) is 6.79. The molecule has 0 aromatic heterocycles. The van der Waals surface area contributed by atoms with E-state index in [4.69, 9.17) is 16.7 Å². The number of carbonyl (C=O) groups excluding carboxylic acids is 1. The Hall–Kier alpha value is -3.84. The summed E-state index contributed by atoms with van der Waals surface area (Å²) in [5.74, 6) is -1.20. The highest BCUT2D eigenvalue weighted by Gasteiger charge is 2.33. The number of aliphatic carboxylic acids is 1. The summed E-state index contributed by atoms with van der Waals surface area (Å²) in [5, 5.41) is 12.9. The molecule has 1 amide bonds. The lowest BCUT2D eigenvalue weighted by molar-refractivity contribution is -0.138. The molecule has 1 unspecified atom stereocenters. The van der Waals surface area contributed by atoms with Crippen molar-refractivity contribution in [1.82, 2.24) is 5.32 Å². The molecular weight excluding hydrogens is 527 g/mol. The molecule has 0 saturated heterocycles. The average Bonchev–Trinajstić information content (AvgIpc) is 2.90. The number of benzene rings is 4. The lowest BCUT2D eigenvalue weighted by Gasteiger charge is -2.19. The van der Waals surface area contributed by atoms with E-state index in [9.17, 15) is 22.8 Å². The molecule has 0 bridgehead atoms. The fraction of sp³-hybridized carbons (Fsp3) is 0.226. The standard InChI is InChI=1S/C31H27ClF3NO3/c1-2-3-26(19-4-6-20(7-5-19)30(39)36-15-14-29(37)38)25-11-10-21-16-22(8-9-23(21)17-25)24-12-13-28(32)27(18-24)31(33,34)35/h4-13,16-18,26H,2-3,14-15H2,1H3,(H,36,39)(H,37,38). The van der Waals surface area contributed by atoms with Crippen molar-refractivity contribution in [3.63, 3.8) is 0 Å². The predicted octanol–water partition coefficient (Wildman–Crippen LogP) is 8.32. The Kier molecular flexibility index (Phi) is 8.60. The van der Waals surface area contributed by atoms with Crippen molar-refractivity contribution in [2.45, 2.75) is 38.3 Å². The minimum Gasteiger partial charge on any atom is -0.481 e. The van der Waals surface area contributed by atoms with Gasteiger partial charge in [0.15, 0.2) is 0 Å². The summed E-state index contributed by atoms with van der Waals surface area (Å²) in [4.78, 5) is 23.0. The van der Waals surface area contributed by atoms with Crippen LogP contribution in [0.4, 0.5) is 13.2 Å². The number of halogens is 4. The Morgan fingerprint density at radius 3 is 2.15 bits per heavy atom. The van der Waals surface area contributed by atoms with Crippen molar-refractivity contribution >= 4 is 34.2 Å². The van der Waals surface area contributed by atoms with Gasteiger partial charge in [-0.05, 0) is 69.8 Å². The van der Waals surface area contributed by atoms with Crippen molar-refractivity contribution in [3.05, 3.63) is 106 Å². The van der Waals surface area contributed by atoms with E-state index in [-0.39, 0.29) is 29.8 Å². The third-order valence-electron chi connectivity index (χ3n) is 6.65. The molecule has 0 fully saturated rings. The molecular formula is C31H27ClF3NO3. The minimum atomic E-state index is -4.53. The molecule has 4 nitrogen and oxygen atoms in total. The molecule has 4 aromatic rings. The normalized spacial score (nSPS) is 12.3. The van der Waals surface area contributed by atoms with E-state index in [1.165, 1.54) is 6.07 Å². The lowest BCUT2D eigenvalue weighted by atomic mass is 9.86. The van der Waals surface area contributed by atoms with E-state index in [1.807, 2.05) is 42.5 Å². The van der Waals surface area contributed by atoms with Crippen molar-refractivity contribution < 1.29 is 27.9 Å². The van der Waals surface area contributed by atoms with Crippen molar-refractivity contribution in [2.75, 3.05) is 6.54 Å². The van der Waals surface area contributed by atoms with Crippen LogP contribution in [0.1, 0.15) is 59.2 Å². The summed E-state index contributed by atoms with van der Waals surface area (Å²) in [6, 6.07) is 22.9. The van der Waals surface area contributed by atoms with Gasteiger partial charge in [-0.1, -0.05) is 73.5 Å².